The standard InChI is InChI=1S/C18H18FNO3/c1-3-11-23-16-10-5-13(12-17(16)22-4-2)18(21)20-15-8-6-14(19)7-9-15/h3,5-10,12H,1,4,11H2,2H3,(H,20,21). The van der Waals surface area contributed by atoms with Crippen molar-refractivity contribution in [3.63, 3.8) is 0 Å². The van der Waals surface area contributed by atoms with Crippen molar-refractivity contribution in [2.45, 2.75) is 6.92 Å². The molecule has 1 N–H and O–H groups in total. The van der Waals surface area contributed by atoms with Crippen molar-refractivity contribution in [3.05, 3.63) is 66.5 Å². The summed E-state index contributed by atoms with van der Waals surface area (Å²) in [4.78, 5) is 12.3. The van der Waals surface area contributed by atoms with Gasteiger partial charge in [0.2, 0.25) is 0 Å². The Morgan fingerprint density at radius 2 is 1.91 bits per heavy atom. The van der Waals surface area contributed by atoms with Crippen molar-refractivity contribution in [3.8, 4) is 11.5 Å². The Bertz CT molecular complexity index is 683. The summed E-state index contributed by atoms with van der Waals surface area (Å²) in [6.07, 6.45) is 1.63. The van der Waals surface area contributed by atoms with Crippen LogP contribution in [-0.2, 0) is 0 Å². The molecule has 0 unspecified atom stereocenters. The monoisotopic (exact) mass is 315 g/mol. The van der Waals surface area contributed by atoms with E-state index in [0.29, 0.717) is 36.0 Å². The van der Waals surface area contributed by atoms with E-state index in [2.05, 4.69) is 11.9 Å². The number of anilines is 1. The van der Waals surface area contributed by atoms with Crippen LogP contribution in [0.5, 0.6) is 11.5 Å². The van der Waals surface area contributed by atoms with Crippen molar-refractivity contribution < 1.29 is 18.7 Å². The normalized spacial score (nSPS) is 10.0. The van der Waals surface area contributed by atoms with E-state index in [1.165, 1.54) is 24.3 Å². The van der Waals surface area contributed by atoms with Gasteiger partial charge in [-0.25, -0.2) is 4.39 Å². The Kier molecular flexibility index (Phi) is 5.74. The molecular weight excluding hydrogens is 297 g/mol. The van der Waals surface area contributed by atoms with Gasteiger partial charge in [0.15, 0.2) is 11.5 Å². The molecule has 0 aromatic heterocycles. The summed E-state index contributed by atoms with van der Waals surface area (Å²) >= 11 is 0. The molecule has 2 aromatic carbocycles. The third-order valence-electron chi connectivity index (χ3n) is 2.96. The van der Waals surface area contributed by atoms with E-state index in [1.54, 1.807) is 24.3 Å². The number of carbonyl (C=O) groups is 1. The highest BCUT2D eigenvalue weighted by atomic mass is 19.1. The average molecular weight is 315 g/mol. The number of carbonyl (C=O) groups excluding carboxylic acids is 1. The van der Waals surface area contributed by atoms with Gasteiger partial charge in [0.05, 0.1) is 6.61 Å². The third-order valence-corrected chi connectivity index (χ3v) is 2.96. The lowest BCUT2D eigenvalue weighted by atomic mass is 10.2. The molecule has 0 fully saturated rings. The summed E-state index contributed by atoms with van der Waals surface area (Å²) in [5.74, 6) is 0.365. The van der Waals surface area contributed by atoms with Gasteiger partial charge in [-0.1, -0.05) is 12.7 Å². The van der Waals surface area contributed by atoms with Gasteiger partial charge in [0.25, 0.3) is 5.91 Å². The maximum Gasteiger partial charge on any atom is 0.255 e. The highest BCUT2D eigenvalue weighted by Gasteiger charge is 2.12. The lowest BCUT2D eigenvalue weighted by Gasteiger charge is -2.12. The maximum atomic E-state index is 12.9. The van der Waals surface area contributed by atoms with E-state index in [4.69, 9.17) is 9.47 Å². The number of ether oxygens (including phenoxy) is 2. The smallest absolute Gasteiger partial charge is 0.255 e. The number of hydrogen-bond donors (Lipinski definition) is 1. The van der Waals surface area contributed by atoms with E-state index in [9.17, 15) is 9.18 Å². The molecule has 23 heavy (non-hydrogen) atoms. The van der Waals surface area contributed by atoms with Crippen LogP contribution < -0.4 is 14.8 Å². The quantitative estimate of drug-likeness (QED) is 0.784. The van der Waals surface area contributed by atoms with Crippen LogP contribution in [0.2, 0.25) is 0 Å². The van der Waals surface area contributed by atoms with Gasteiger partial charge in [0.1, 0.15) is 12.4 Å². The molecule has 0 bridgehead atoms. The van der Waals surface area contributed by atoms with Crippen LogP contribution in [0.1, 0.15) is 17.3 Å². The van der Waals surface area contributed by atoms with Gasteiger partial charge >= 0.3 is 0 Å². The highest BCUT2D eigenvalue weighted by Crippen LogP contribution is 2.29. The second-order valence-corrected chi connectivity index (χ2v) is 4.66. The van der Waals surface area contributed by atoms with Crippen LogP contribution in [-0.4, -0.2) is 19.1 Å². The third kappa shape index (κ3) is 4.57. The Labute approximate surface area is 134 Å². The fourth-order valence-corrected chi connectivity index (χ4v) is 1.92. The van der Waals surface area contributed by atoms with E-state index >= 15 is 0 Å². The number of rotatable bonds is 7. The fourth-order valence-electron chi connectivity index (χ4n) is 1.92. The Hall–Kier alpha value is -2.82. The molecule has 4 nitrogen and oxygen atoms in total. The van der Waals surface area contributed by atoms with Crippen LogP contribution in [0.15, 0.2) is 55.1 Å². The molecule has 5 heteroatoms. The summed E-state index contributed by atoms with van der Waals surface area (Å²) in [7, 11) is 0. The molecule has 0 aliphatic carbocycles. The summed E-state index contributed by atoms with van der Waals surface area (Å²) in [5.41, 5.74) is 0.935. The summed E-state index contributed by atoms with van der Waals surface area (Å²) in [6, 6.07) is 10.5. The molecule has 120 valence electrons. The zero-order chi connectivity index (χ0) is 16.7. The van der Waals surface area contributed by atoms with Crippen LogP contribution in [0.3, 0.4) is 0 Å². The molecule has 0 spiro atoms. The van der Waals surface area contributed by atoms with Crippen LogP contribution in [0, 0.1) is 5.82 Å². The van der Waals surface area contributed by atoms with Crippen molar-refractivity contribution in [1.29, 1.82) is 0 Å². The van der Waals surface area contributed by atoms with Gasteiger partial charge in [-0.3, -0.25) is 4.79 Å². The second-order valence-electron chi connectivity index (χ2n) is 4.66. The molecule has 2 rings (SSSR count). The Morgan fingerprint density at radius 1 is 1.17 bits per heavy atom. The predicted molar refractivity (Wildman–Crippen MR) is 87.7 cm³/mol. The van der Waals surface area contributed by atoms with Crippen LogP contribution >= 0.6 is 0 Å². The number of nitrogens with one attached hydrogen (secondary N) is 1. The summed E-state index contributed by atoms with van der Waals surface area (Å²) in [6.45, 7) is 6.24. The van der Waals surface area contributed by atoms with Gasteiger partial charge < -0.3 is 14.8 Å². The number of hydrogen-bond acceptors (Lipinski definition) is 3. The first-order valence-electron chi connectivity index (χ1n) is 7.21. The molecule has 1 amide bonds. The van der Waals surface area contributed by atoms with Crippen molar-refractivity contribution in [2.75, 3.05) is 18.5 Å². The molecule has 0 saturated heterocycles. The first kappa shape index (κ1) is 16.5. The molecule has 0 aliphatic rings. The van der Waals surface area contributed by atoms with Crippen molar-refractivity contribution in [1.82, 2.24) is 0 Å². The highest BCUT2D eigenvalue weighted by molar-refractivity contribution is 6.04. The van der Waals surface area contributed by atoms with Gasteiger partial charge in [0, 0.05) is 11.3 Å². The minimum atomic E-state index is -0.356. The molecule has 2 aromatic rings. The fraction of sp³-hybridized carbons (Fsp3) is 0.167. The molecule has 0 heterocycles. The van der Waals surface area contributed by atoms with E-state index in [0.717, 1.165) is 0 Å². The largest absolute Gasteiger partial charge is 0.490 e. The van der Waals surface area contributed by atoms with E-state index < -0.39 is 0 Å². The Morgan fingerprint density at radius 3 is 2.57 bits per heavy atom. The zero-order valence-corrected chi connectivity index (χ0v) is 12.8. The molecule has 0 saturated carbocycles. The van der Waals surface area contributed by atoms with E-state index in [1.807, 2.05) is 6.92 Å². The minimum Gasteiger partial charge on any atom is -0.490 e. The Balaban J connectivity index is 2.17. The van der Waals surface area contributed by atoms with Crippen molar-refractivity contribution >= 4 is 11.6 Å². The van der Waals surface area contributed by atoms with Gasteiger partial charge in [-0.05, 0) is 49.4 Å². The number of amides is 1. The number of benzene rings is 2. The predicted octanol–water partition coefficient (Wildman–Crippen LogP) is 4.04. The second kappa shape index (κ2) is 7.98. The average Bonchev–Trinajstić information content (AvgIpc) is 2.56. The summed E-state index contributed by atoms with van der Waals surface area (Å²) < 4.78 is 23.9. The first-order chi connectivity index (χ1) is 11.1. The lowest BCUT2D eigenvalue weighted by Crippen LogP contribution is -2.12. The number of halogens is 1. The first-order valence-corrected chi connectivity index (χ1v) is 7.21. The van der Waals surface area contributed by atoms with Crippen LogP contribution in [0.4, 0.5) is 10.1 Å². The lowest BCUT2D eigenvalue weighted by molar-refractivity contribution is 0.102. The van der Waals surface area contributed by atoms with Crippen molar-refractivity contribution in [2.24, 2.45) is 0 Å². The zero-order valence-electron chi connectivity index (χ0n) is 12.8. The maximum absolute atomic E-state index is 12.9. The van der Waals surface area contributed by atoms with Gasteiger partial charge in [-0.2, -0.15) is 0 Å². The molecule has 0 radical (unpaired) electrons. The molecule has 0 aliphatic heterocycles. The summed E-state index contributed by atoms with van der Waals surface area (Å²) in [5, 5.41) is 2.70. The molecular formula is C18H18FNO3. The SMILES string of the molecule is C=CCOc1ccc(C(=O)Nc2ccc(F)cc2)cc1OCC. The topological polar surface area (TPSA) is 47.6 Å². The molecule has 0 atom stereocenters. The van der Waals surface area contributed by atoms with Gasteiger partial charge in [-0.15, -0.1) is 0 Å². The van der Waals surface area contributed by atoms with Crippen LogP contribution in [0.25, 0.3) is 0 Å². The van der Waals surface area contributed by atoms with E-state index in [-0.39, 0.29) is 11.7 Å². The minimum absolute atomic E-state index is 0.312.